The van der Waals surface area contributed by atoms with Crippen molar-refractivity contribution >= 4 is 11.8 Å². The van der Waals surface area contributed by atoms with Crippen LogP contribution >= 0.6 is 0 Å². The van der Waals surface area contributed by atoms with Gasteiger partial charge in [-0.1, -0.05) is 12.1 Å². The molecule has 1 aliphatic carbocycles. The van der Waals surface area contributed by atoms with E-state index >= 15 is 0 Å². The summed E-state index contributed by atoms with van der Waals surface area (Å²) in [4.78, 5) is 14.0. The predicted octanol–water partition coefficient (Wildman–Crippen LogP) is 3.55. The minimum atomic E-state index is -0.438. The third kappa shape index (κ3) is 3.49. The first-order valence-electron chi connectivity index (χ1n) is 7.77. The Morgan fingerprint density at radius 1 is 1.33 bits per heavy atom. The fraction of sp³-hybridized carbons (Fsp3) is 0.588. The third-order valence-electron chi connectivity index (χ3n) is 3.85. The molecule has 0 unspecified atom stereocenters. The Morgan fingerprint density at radius 2 is 2.10 bits per heavy atom. The molecule has 0 atom stereocenters. The largest absolute Gasteiger partial charge is 0.444 e. The standard InChI is InChI=1S/C17H24N2O2/c1-17(2,3)21-16(20)19-10-9-14-12(11-19)5-4-6-15(14)18-13-7-8-13/h4-6,13,18H,7-11H2,1-3H3. The average Bonchev–Trinajstić information content (AvgIpc) is 3.20. The Balaban J connectivity index is 1.72. The van der Waals surface area contributed by atoms with Gasteiger partial charge in [-0.2, -0.15) is 0 Å². The number of amides is 1. The minimum absolute atomic E-state index is 0.214. The van der Waals surface area contributed by atoms with Crippen LogP contribution in [0.2, 0.25) is 0 Å². The molecule has 0 bridgehead atoms. The molecular formula is C17H24N2O2. The van der Waals surface area contributed by atoms with Crippen LogP contribution in [0.15, 0.2) is 18.2 Å². The quantitative estimate of drug-likeness (QED) is 0.904. The number of rotatable bonds is 2. The second-order valence-corrected chi connectivity index (χ2v) is 7.01. The van der Waals surface area contributed by atoms with Crippen LogP contribution in [-0.2, 0) is 17.7 Å². The topological polar surface area (TPSA) is 41.6 Å². The van der Waals surface area contributed by atoms with Crippen LogP contribution in [0.25, 0.3) is 0 Å². The highest BCUT2D eigenvalue weighted by Gasteiger charge is 2.28. The Labute approximate surface area is 126 Å². The van der Waals surface area contributed by atoms with Crippen molar-refractivity contribution in [2.45, 2.75) is 58.2 Å². The second-order valence-electron chi connectivity index (χ2n) is 7.01. The summed E-state index contributed by atoms with van der Waals surface area (Å²) in [6.07, 6.45) is 3.22. The summed E-state index contributed by atoms with van der Waals surface area (Å²) in [6.45, 7) is 7.08. The summed E-state index contributed by atoms with van der Waals surface area (Å²) >= 11 is 0. The Hall–Kier alpha value is -1.71. The van der Waals surface area contributed by atoms with Gasteiger partial charge in [-0.05, 0) is 57.2 Å². The highest BCUT2D eigenvalue weighted by Crippen LogP contribution is 2.31. The van der Waals surface area contributed by atoms with Crippen molar-refractivity contribution in [3.63, 3.8) is 0 Å². The van der Waals surface area contributed by atoms with E-state index in [4.69, 9.17) is 4.74 Å². The number of hydrogen-bond donors (Lipinski definition) is 1. The first-order chi connectivity index (χ1) is 9.92. The summed E-state index contributed by atoms with van der Waals surface area (Å²) in [6, 6.07) is 6.99. The van der Waals surface area contributed by atoms with Crippen molar-refractivity contribution in [1.82, 2.24) is 4.90 Å². The fourth-order valence-corrected chi connectivity index (χ4v) is 2.67. The first-order valence-corrected chi connectivity index (χ1v) is 7.77. The lowest BCUT2D eigenvalue weighted by Crippen LogP contribution is -2.40. The number of hydrogen-bond acceptors (Lipinski definition) is 3. The molecule has 0 radical (unpaired) electrons. The van der Waals surface area contributed by atoms with Gasteiger partial charge >= 0.3 is 6.09 Å². The van der Waals surface area contributed by atoms with E-state index in [1.807, 2.05) is 20.8 Å². The molecule has 2 aliphatic rings. The summed E-state index contributed by atoms with van der Waals surface area (Å²) in [5, 5.41) is 3.59. The summed E-state index contributed by atoms with van der Waals surface area (Å²) < 4.78 is 5.47. The van der Waals surface area contributed by atoms with E-state index < -0.39 is 5.60 Å². The van der Waals surface area contributed by atoms with Gasteiger partial charge in [0.05, 0.1) is 0 Å². The molecule has 1 saturated carbocycles. The first kappa shape index (κ1) is 14.2. The molecule has 0 saturated heterocycles. The molecule has 3 rings (SSSR count). The summed E-state index contributed by atoms with van der Waals surface area (Å²) in [5.74, 6) is 0. The zero-order valence-corrected chi connectivity index (χ0v) is 13.1. The Morgan fingerprint density at radius 3 is 2.76 bits per heavy atom. The highest BCUT2D eigenvalue weighted by atomic mass is 16.6. The van der Waals surface area contributed by atoms with Crippen molar-refractivity contribution in [3.8, 4) is 0 Å². The molecule has 21 heavy (non-hydrogen) atoms. The van der Waals surface area contributed by atoms with E-state index in [1.54, 1.807) is 4.90 Å². The molecular weight excluding hydrogens is 264 g/mol. The smallest absolute Gasteiger partial charge is 0.410 e. The molecule has 1 aromatic rings. The van der Waals surface area contributed by atoms with Crippen molar-refractivity contribution in [3.05, 3.63) is 29.3 Å². The lowest BCUT2D eigenvalue weighted by Gasteiger charge is -2.32. The average molecular weight is 288 g/mol. The molecule has 4 nitrogen and oxygen atoms in total. The second kappa shape index (κ2) is 5.24. The van der Waals surface area contributed by atoms with Crippen LogP contribution in [0, 0.1) is 0 Å². The van der Waals surface area contributed by atoms with Gasteiger partial charge in [0.1, 0.15) is 5.60 Å². The number of carbonyl (C=O) groups excluding carboxylic acids is 1. The highest BCUT2D eigenvalue weighted by molar-refractivity contribution is 5.69. The van der Waals surface area contributed by atoms with Crippen LogP contribution in [0.3, 0.4) is 0 Å². The zero-order valence-electron chi connectivity index (χ0n) is 13.1. The molecule has 1 heterocycles. The SMILES string of the molecule is CC(C)(C)OC(=O)N1CCc2c(cccc2NC2CC2)C1. The van der Waals surface area contributed by atoms with Gasteiger partial charge in [-0.15, -0.1) is 0 Å². The van der Waals surface area contributed by atoms with E-state index in [9.17, 15) is 4.79 Å². The van der Waals surface area contributed by atoms with Crippen LogP contribution < -0.4 is 5.32 Å². The lowest BCUT2D eigenvalue weighted by atomic mass is 9.98. The van der Waals surface area contributed by atoms with E-state index in [2.05, 4.69) is 23.5 Å². The maximum absolute atomic E-state index is 12.2. The summed E-state index contributed by atoms with van der Waals surface area (Å²) in [5.41, 5.74) is 3.41. The monoisotopic (exact) mass is 288 g/mol. The lowest BCUT2D eigenvalue weighted by molar-refractivity contribution is 0.0224. The number of benzene rings is 1. The van der Waals surface area contributed by atoms with Gasteiger partial charge in [0.2, 0.25) is 0 Å². The molecule has 1 N–H and O–H groups in total. The number of carbonyl (C=O) groups is 1. The molecule has 114 valence electrons. The van der Waals surface area contributed by atoms with Gasteiger partial charge in [-0.3, -0.25) is 0 Å². The third-order valence-corrected chi connectivity index (χ3v) is 3.85. The van der Waals surface area contributed by atoms with Crippen molar-refractivity contribution in [2.75, 3.05) is 11.9 Å². The molecule has 4 heteroatoms. The van der Waals surface area contributed by atoms with Gasteiger partial charge in [0, 0.05) is 24.8 Å². The Kier molecular flexibility index (Phi) is 3.56. The van der Waals surface area contributed by atoms with Crippen LogP contribution in [0.4, 0.5) is 10.5 Å². The van der Waals surface area contributed by atoms with Crippen LogP contribution in [-0.4, -0.2) is 29.2 Å². The van der Waals surface area contributed by atoms with Crippen LogP contribution in [0.5, 0.6) is 0 Å². The number of nitrogens with one attached hydrogen (secondary N) is 1. The number of nitrogens with zero attached hydrogens (tertiary/aromatic N) is 1. The summed E-state index contributed by atoms with van der Waals surface area (Å²) in [7, 11) is 0. The van der Waals surface area contributed by atoms with Gasteiger partial charge in [0.25, 0.3) is 0 Å². The maximum atomic E-state index is 12.2. The zero-order chi connectivity index (χ0) is 15.0. The predicted molar refractivity (Wildman–Crippen MR) is 83.4 cm³/mol. The molecule has 0 aromatic heterocycles. The molecule has 1 fully saturated rings. The number of ether oxygens (including phenoxy) is 1. The van der Waals surface area contributed by atoms with Gasteiger partial charge in [-0.25, -0.2) is 4.79 Å². The van der Waals surface area contributed by atoms with Crippen molar-refractivity contribution in [1.29, 1.82) is 0 Å². The van der Waals surface area contributed by atoms with Crippen molar-refractivity contribution in [2.24, 2.45) is 0 Å². The number of fused-ring (bicyclic) bond motifs is 1. The fourth-order valence-electron chi connectivity index (χ4n) is 2.67. The molecule has 1 amide bonds. The van der Waals surface area contributed by atoms with Gasteiger partial charge in [0.15, 0.2) is 0 Å². The normalized spacial score (nSPS) is 18.1. The van der Waals surface area contributed by atoms with E-state index in [1.165, 1.54) is 29.7 Å². The molecule has 0 spiro atoms. The van der Waals surface area contributed by atoms with Gasteiger partial charge < -0.3 is 15.0 Å². The van der Waals surface area contributed by atoms with E-state index in [-0.39, 0.29) is 6.09 Å². The van der Waals surface area contributed by atoms with Crippen LogP contribution in [0.1, 0.15) is 44.7 Å². The molecule has 1 aromatic carbocycles. The minimum Gasteiger partial charge on any atom is -0.444 e. The maximum Gasteiger partial charge on any atom is 0.410 e. The van der Waals surface area contributed by atoms with E-state index in [0.717, 1.165) is 13.0 Å². The number of anilines is 1. The van der Waals surface area contributed by atoms with Crippen molar-refractivity contribution < 1.29 is 9.53 Å². The Bertz CT molecular complexity index is 544. The van der Waals surface area contributed by atoms with E-state index in [0.29, 0.717) is 12.6 Å². The molecule has 1 aliphatic heterocycles.